The summed E-state index contributed by atoms with van der Waals surface area (Å²) >= 11 is 0. The molecule has 1 atom stereocenters. The largest absolute Gasteiger partial charge is 0.481 e. The third-order valence-corrected chi connectivity index (χ3v) is 3.29. The molecule has 0 saturated heterocycles. The van der Waals surface area contributed by atoms with Crippen LogP contribution in [0.2, 0.25) is 0 Å². The molecule has 0 radical (unpaired) electrons. The molecule has 1 N–H and O–H groups in total. The molecule has 8 nitrogen and oxygen atoms in total. The minimum atomic E-state index is -0.834. The fourth-order valence-corrected chi connectivity index (χ4v) is 2.23. The van der Waals surface area contributed by atoms with Crippen LogP contribution in [0.5, 0.6) is 0 Å². The first-order valence-corrected chi connectivity index (χ1v) is 6.13. The van der Waals surface area contributed by atoms with Crippen LogP contribution in [0.1, 0.15) is 25.3 Å². The van der Waals surface area contributed by atoms with Crippen LogP contribution in [0.15, 0.2) is 12.5 Å². The number of rotatable bonds is 5. The Morgan fingerprint density at radius 1 is 1.58 bits per heavy atom. The zero-order valence-electron chi connectivity index (χ0n) is 10.5. The zero-order valence-corrected chi connectivity index (χ0v) is 10.5. The highest BCUT2D eigenvalue weighted by Crippen LogP contribution is 2.42. The third-order valence-electron chi connectivity index (χ3n) is 3.29. The van der Waals surface area contributed by atoms with E-state index in [0.29, 0.717) is 17.4 Å². The number of aliphatic carboxylic acids is 1. The molecule has 1 fully saturated rings. The summed E-state index contributed by atoms with van der Waals surface area (Å²) in [6, 6.07) is -0.190. The standard InChI is InChI=1S/C11H14N6O2/c1-16-5-8(12-6-16)11-13-14-15-17(11)9(4-10(18)19)7-2-3-7/h5-7,9H,2-4H2,1H3,(H,18,19). The maximum Gasteiger partial charge on any atom is 0.305 e. The molecule has 2 aromatic heterocycles. The molecule has 1 saturated carbocycles. The summed E-state index contributed by atoms with van der Waals surface area (Å²) in [5.74, 6) is 0.0418. The van der Waals surface area contributed by atoms with Gasteiger partial charge in [0.2, 0.25) is 5.82 Å². The summed E-state index contributed by atoms with van der Waals surface area (Å²) in [5.41, 5.74) is 0.656. The van der Waals surface area contributed by atoms with Gasteiger partial charge in [-0.1, -0.05) is 0 Å². The van der Waals surface area contributed by atoms with Crippen molar-refractivity contribution in [1.29, 1.82) is 0 Å². The number of carboxylic acid groups (broad SMARTS) is 1. The molecule has 0 bridgehead atoms. The van der Waals surface area contributed by atoms with Gasteiger partial charge in [-0.3, -0.25) is 4.79 Å². The maximum atomic E-state index is 11.0. The Hall–Kier alpha value is -2.25. The Kier molecular flexibility index (Phi) is 2.77. The molecule has 1 unspecified atom stereocenters. The van der Waals surface area contributed by atoms with Gasteiger partial charge in [0, 0.05) is 13.2 Å². The minimum Gasteiger partial charge on any atom is -0.481 e. The summed E-state index contributed by atoms with van der Waals surface area (Å²) in [6.07, 6.45) is 5.57. The summed E-state index contributed by atoms with van der Waals surface area (Å²) < 4.78 is 3.41. The van der Waals surface area contributed by atoms with Crippen LogP contribution in [0, 0.1) is 5.92 Å². The van der Waals surface area contributed by atoms with Crippen molar-refractivity contribution >= 4 is 5.97 Å². The van der Waals surface area contributed by atoms with Crippen molar-refractivity contribution in [3.05, 3.63) is 12.5 Å². The Bertz CT molecular complexity index is 600. The number of carboxylic acids is 1. The lowest BCUT2D eigenvalue weighted by Gasteiger charge is -2.14. The van der Waals surface area contributed by atoms with E-state index in [1.165, 1.54) is 0 Å². The van der Waals surface area contributed by atoms with Crippen molar-refractivity contribution in [3.8, 4) is 11.5 Å². The van der Waals surface area contributed by atoms with Crippen molar-refractivity contribution < 1.29 is 9.90 Å². The van der Waals surface area contributed by atoms with Gasteiger partial charge in [-0.05, 0) is 29.2 Å². The molecule has 0 aliphatic heterocycles. The highest BCUT2D eigenvalue weighted by Gasteiger charge is 2.36. The number of hydrogen-bond acceptors (Lipinski definition) is 5. The van der Waals surface area contributed by atoms with Crippen molar-refractivity contribution in [1.82, 2.24) is 29.8 Å². The van der Waals surface area contributed by atoms with Crippen LogP contribution in [0.25, 0.3) is 11.5 Å². The van der Waals surface area contributed by atoms with E-state index in [0.717, 1.165) is 12.8 Å². The van der Waals surface area contributed by atoms with Gasteiger partial charge < -0.3 is 9.67 Å². The van der Waals surface area contributed by atoms with Crippen molar-refractivity contribution in [2.24, 2.45) is 13.0 Å². The quantitative estimate of drug-likeness (QED) is 0.842. The van der Waals surface area contributed by atoms with Gasteiger partial charge in [-0.15, -0.1) is 5.10 Å². The van der Waals surface area contributed by atoms with Crippen LogP contribution in [-0.2, 0) is 11.8 Å². The smallest absolute Gasteiger partial charge is 0.305 e. The Morgan fingerprint density at radius 3 is 2.95 bits per heavy atom. The second-order valence-corrected chi connectivity index (χ2v) is 4.87. The fourth-order valence-electron chi connectivity index (χ4n) is 2.23. The lowest BCUT2D eigenvalue weighted by molar-refractivity contribution is -0.138. The van der Waals surface area contributed by atoms with E-state index >= 15 is 0 Å². The molecule has 3 rings (SSSR count). The van der Waals surface area contributed by atoms with Crippen LogP contribution < -0.4 is 0 Å². The Labute approximate surface area is 109 Å². The predicted octanol–water partition coefficient (Wildman–Crippen LogP) is 0.499. The van der Waals surface area contributed by atoms with E-state index in [1.807, 2.05) is 13.2 Å². The second kappa shape index (κ2) is 4.45. The lowest BCUT2D eigenvalue weighted by Crippen LogP contribution is -2.18. The molecule has 0 spiro atoms. The molecule has 1 aliphatic carbocycles. The number of aryl methyl sites for hydroxylation is 1. The fraction of sp³-hybridized carbons (Fsp3) is 0.545. The maximum absolute atomic E-state index is 11.0. The first-order chi connectivity index (χ1) is 9.15. The number of tetrazole rings is 1. The van der Waals surface area contributed by atoms with Gasteiger partial charge >= 0.3 is 5.97 Å². The molecule has 8 heteroatoms. The average Bonchev–Trinajstić information content (AvgIpc) is 2.92. The normalized spacial score (nSPS) is 16.5. The Balaban J connectivity index is 1.95. The topological polar surface area (TPSA) is 98.7 Å². The number of imidazole rings is 1. The molecule has 2 aromatic rings. The molecule has 0 amide bonds. The van der Waals surface area contributed by atoms with Crippen LogP contribution >= 0.6 is 0 Å². The molecule has 100 valence electrons. The SMILES string of the molecule is Cn1cnc(-c2nnnn2C(CC(=O)O)C2CC2)c1. The number of carbonyl (C=O) groups is 1. The highest BCUT2D eigenvalue weighted by atomic mass is 16.4. The first kappa shape index (κ1) is 11.8. The van der Waals surface area contributed by atoms with E-state index in [4.69, 9.17) is 5.11 Å². The summed E-state index contributed by atoms with van der Waals surface area (Å²) in [6.45, 7) is 0. The monoisotopic (exact) mass is 262 g/mol. The molecule has 19 heavy (non-hydrogen) atoms. The third kappa shape index (κ3) is 2.33. The van der Waals surface area contributed by atoms with E-state index in [-0.39, 0.29) is 12.5 Å². The second-order valence-electron chi connectivity index (χ2n) is 4.87. The van der Waals surface area contributed by atoms with Crippen molar-refractivity contribution in [3.63, 3.8) is 0 Å². The van der Waals surface area contributed by atoms with Gasteiger partial charge in [-0.2, -0.15) is 0 Å². The van der Waals surface area contributed by atoms with E-state index < -0.39 is 5.97 Å². The summed E-state index contributed by atoms with van der Waals surface area (Å²) in [5, 5.41) is 20.6. The average molecular weight is 262 g/mol. The predicted molar refractivity (Wildman–Crippen MR) is 64.0 cm³/mol. The molecular formula is C11H14N6O2. The molecular weight excluding hydrogens is 248 g/mol. The van der Waals surface area contributed by atoms with Gasteiger partial charge in [0.1, 0.15) is 5.69 Å². The van der Waals surface area contributed by atoms with Gasteiger partial charge in [0.25, 0.3) is 0 Å². The number of nitrogens with zero attached hydrogens (tertiary/aromatic N) is 6. The summed E-state index contributed by atoms with van der Waals surface area (Å²) in [4.78, 5) is 15.2. The van der Waals surface area contributed by atoms with Gasteiger partial charge in [-0.25, -0.2) is 9.67 Å². The van der Waals surface area contributed by atoms with E-state index in [1.54, 1.807) is 15.6 Å². The van der Waals surface area contributed by atoms with Crippen LogP contribution in [0.4, 0.5) is 0 Å². The van der Waals surface area contributed by atoms with Crippen LogP contribution in [0.3, 0.4) is 0 Å². The molecule has 1 aliphatic rings. The molecule has 0 aromatic carbocycles. The van der Waals surface area contributed by atoms with Crippen LogP contribution in [-0.4, -0.2) is 40.8 Å². The number of hydrogen-bond donors (Lipinski definition) is 1. The first-order valence-electron chi connectivity index (χ1n) is 6.13. The van der Waals surface area contributed by atoms with E-state index in [2.05, 4.69) is 20.5 Å². The Morgan fingerprint density at radius 2 is 2.37 bits per heavy atom. The molecule has 2 heterocycles. The van der Waals surface area contributed by atoms with Gasteiger partial charge in [0.15, 0.2) is 0 Å². The van der Waals surface area contributed by atoms with Gasteiger partial charge in [0.05, 0.1) is 18.8 Å². The highest BCUT2D eigenvalue weighted by molar-refractivity contribution is 5.67. The number of aromatic nitrogens is 6. The minimum absolute atomic E-state index is 0.0372. The zero-order chi connectivity index (χ0) is 13.4. The lowest BCUT2D eigenvalue weighted by atomic mass is 10.1. The van der Waals surface area contributed by atoms with E-state index in [9.17, 15) is 4.79 Å². The van der Waals surface area contributed by atoms with Crippen molar-refractivity contribution in [2.45, 2.75) is 25.3 Å². The van der Waals surface area contributed by atoms with Crippen molar-refractivity contribution in [2.75, 3.05) is 0 Å². The summed E-state index contributed by atoms with van der Waals surface area (Å²) in [7, 11) is 1.86.